The van der Waals surface area contributed by atoms with Crippen LogP contribution in [0.2, 0.25) is 0 Å². The summed E-state index contributed by atoms with van der Waals surface area (Å²) in [4.78, 5) is 40.5. The molecule has 3 aliphatic heterocycles. The van der Waals surface area contributed by atoms with E-state index in [-0.39, 0.29) is 43.3 Å². The summed E-state index contributed by atoms with van der Waals surface area (Å²) in [7, 11) is 0. The van der Waals surface area contributed by atoms with E-state index in [4.69, 9.17) is 5.73 Å². The summed E-state index contributed by atoms with van der Waals surface area (Å²) in [5, 5.41) is 2.30. The number of imide groups is 1. The van der Waals surface area contributed by atoms with Gasteiger partial charge in [0.1, 0.15) is 6.04 Å². The first-order chi connectivity index (χ1) is 16.3. The van der Waals surface area contributed by atoms with E-state index in [1.54, 1.807) is 18.2 Å². The van der Waals surface area contributed by atoms with Crippen molar-refractivity contribution in [3.05, 3.63) is 70.8 Å². The molecule has 1 unspecified atom stereocenters. The zero-order valence-electron chi connectivity index (χ0n) is 18.5. The number of halogens is 2. The smallest absolute Gasteiger partial charge is 0.278 e. The maximum Gasteiger partial charge on any atom is 0.278 e. The number of nitrogens with one attached hydrogen (secondary N) is 1. The van der Waals surface area contributed by atoms with Gasteiger partial charge in [-0.25, -0.2) is 8.78 Å². The second-order valence-corrected chi connectivity index (χ2v) is 9.30. The molecule has 3 amide bonds. The van der Waals surface area contributed by atoms with Crippen molar-refractivity contribution >= 4 is 17.7 Å². The van der Waals surface area contributed by atoms with Gasteiger partial charge in [0, 0.05) is 49.8 Å². The van der Waals surface area contributed by atoms with Crippen LogP contribution in [0.25, 0.3) is 0 Å². The Labute approximate surface area is 195 Å². The first-order valence-electron chi connectivity index (χ1n) is 11.4. The highest BCUT2D eigenvalue weighted by molar-refractivity contribution is 6.06. The summed E-state index contributed by atoms with van der Waals surface area (Å²) >= 11 is 0. The number of carbonyl (C=O) groups is 3. The number of piperidine rings is 1. The van der Waals surface area contributed by atoms with E-state index in [0.717, 1.165) is 11.1 Å². The fourth-order valence-corrected chi connectivity index (χ4v) is 5.36. The Hall–Kier alpha value is -3.17. The van der Waals surface area contributed by atoms with E-state index in [1.807, 2.05) is 23.1 Å². The van der Waals surface area contributed by atoms with Gasteiger partial charge >= 0.3 is 0 Å². The second-order valence-electron chi connectivity index (χ2n) is 9.30. The number of carbonyl (C=O) groups excluding carboxylic acids is 3. The molecule has 3 atom stereocenters. The third-order valence-electron chi connectivity index (χ3n) is 7.10. The Bertz CT molecular complexity index is 1140. The largest absolute Gasteiger partial charge is 0.326 e. The molecule has 2 saturated heterocycles. The minimum absolute atomic E-state index is 0.0482. The lowest BCUT2D eigenvalue weighted by molar-refractivity contribution is -0.136. The number of rotatable bonds is 5. The van der Waals surface area contributed by atoms with Crippen LogP contribution < -0.4 is 11.1 Å². The summed E-state index contributed by atoms with van der Waals surface area (Å²) in [5.41, 5.74) is 8.15. The Morgan fingerprint density at radius 2 is 1.79 bits per heavy atom. The molecule has 9 heteroatoms. The van der Waals surface area contributed by atoms with Gasteiger partial charge < -0.3 is 10.6 Å². The van der Waals surface area contributed by atoms with Gasteiger partial charge in [-0.15, -0.1) is 0 Å². The fourth-order valence-electron chi connectivity index (χ4n) is 5.36. The van der Waals surface area contributed by atoms with Crippen LogP contribution in [-0.2, 0) is 28.6 Å². The van der Waals surface area contributed by atoms with E-state index in [1.165, 1.54) is 17.0 Å². The van der Waals surface area contributed by atoms with Crippen molar-refractivity contribution in [2.24, 2.45) is 11.7 Å². The molecule has 2 aromatic rings. The zero-order chi connectivity index (χ0) is 24.0. The zero-order valence-corrected chi connectivity index (χ0v) is 18.5. The maximum absolute atomic E-state index is 15.2. The number of hydrogen-bond acceptors (Lipinski definition) is 5. The van der Waals surface area contributed by atoms with Crippen LogP contribution in [0.1, 0.15) is 39.9 Å². The first kappa shape index (κ1) is 22.6. The molecule has 0 bridgehead atoms. The predicted molar refractivity (Wildman–Crippen MR) is 120 cm³/mol. The lowest BCUT2D eigenvalue weighted by atomic mass is 9.91. The summed E-state index contributed by atoms with van der Waals surface area (Å²) < 4.78 is 30.4. The Morgan fingerprint density at radius 3 is 2.53 bits per heavy atom. The third kappa shape index (κ3) is 3.88. The first-order valence-corrected chi connectivity index (χ1v) is 11.4. The Kier molecular flexibility index (Phi) is 5.69. The number of hydrogen-bond donors (Lipinski definition) is 2. The van der Waals surface area contributed by atoms with Crippen LogP contribution >= 0.6 is 0 Å². The van der Waals surface area contributed by atoms with Crippen LogP contribution in [0.5, 0.6) is 0 Å². The van der Waals surface area contributed by atoms with Gasteiger partial charge in [0.2, 0.25) is 11.8 Å². The number of fused-ring (bicyclic) bond motifs is 1. The molecule has 7 nitrogen and oxygen atoms in total. The highest BCUT2D eigenvalue weighted by Crippen LogP contribution is 2.41. The highest BCUT2D eigenvalue weighted by atomic mass is 19.3. The monoisotopic (exact) mass is 468 g/mol. The molecule has 3 aliphatic rings. The molecule has 0 aromatic heterocycles. The third-order valence-corrected chi connectivity index (χ3v) is 7.10. The standard InChI is InChI=1S/C25H26F2N4O3/c26-25(27,17-7-2-1-3-8-17)18-13-30(14-19(18)28)11-15-5-4-6-16-12-31(24(34)22(15)16)20-9-10-21(32)29-23(20)33/h1-8,18-20H,9-14,28H2,(H,29,32,33)/t18-,19-,20?/m1/s1. The van der Waals surface area contributed by atoms with Crippen LogP contribution in [0, 0.1) is 5.92 Å². The van der Waals surface area contributed by atoms with Crippen LogP contribution in [-0.4, -0.2) is 52.7 Å². The minimum atomic E-state index is -3.06. The van der Waals surface area contributed by atoms with Crippen molar-refractivity contribution < 1.29 is 23.2 Å². The van der Waals surface area contributed by atoms with Gasteiger partial charge in [-0.1, -0.05) is 48.5 Å². The molecular formula is C25H26F2N4O3. The molecule has 34 heavy (non-hydrogen) atoms. The molecule has 0 radical (unpaired) electrons. The van der Waals surface area contributed by atoms with Crippen molar-refractivity contribution in [1.82, 2.24) is 15.1 Å². The summed E-state index contributed by atoms with van der Waals surface area (Å²) in [6.45, 7) is 0.995. The van der Waals surface area contributed by atoms with Crippen LogP contribution in [0.4, 0.5) is 8.78 Å². The molecule has 0 saturated carbocycles. The van der Waals surface area contributed by atoms with E-state index in [0.29, 0.717) is 18.7 Å². The van der Waals surface area contributed by atoms with Crippen molar-refractivity contribution in [3.63, 3.8) is 0 Å². The summed E-state index contributed by atoms with van der Waals surface area (Å²) in [5.74, 6) is -5.17. The van der Waals surface area contributed by atoms with Gasteiger partial charge in [-0.2, -0.15) is 0 Å². The van der Waals surface area contributed by atoms with E-state index < -0.39 is 29.8 Å². The quantitative estimate of drug-likeness (QED) is 0.655. The van der Waals surface area contributed by atoms with Crippen molar-refractivity contribution in [2.75, 3.05) is 13.1 Å². The lowest BCUT2D eigenvalue weighted by Gasteiger charge is -2.29. The van der Waals surface area contributed by atoms with Crippen molar-refractivity contribution in [1.29, 1.82) is 0 Å². The second kappa shape index (κ2) is 8.56. The maximum atomic E-state index is 15.2. The summed E-state index contributed by atoms with van der Waals surface area (Å²) in [6.07, 6.45) is 0.475. The van der Waals surface area contributed by atoms with Gasteiger partial charge in [-0.05, 0) is 17.5 Å². The van der Waals surface area contributed by atoms with Crippen molar-refractivity contribution in [2.45, 2.75) is 43.9 Å². The Balaban J connectivity index is 1.33. The number of likely N-dealkylation sites (tertiary alicyclic amines) is 1. The van der Waals surface area contributed by atoms with E-state index in [2.05, 4.69) is 5.32 Å². The molecule has 0 spiro atoms. The fraction of sp³-hybridized carbons (Fsp3) is 0.400. The average Bonchev–Trinajstić information content (AvgIpc) is 3.35. The number of amides is 3. The highest BCUT2D eigenvalue weighted by Gasteiger charge is 2.49. The SMILES string of the molecule is N[C@@H]1CN(Cc2cccc3c2C(=O)N(C2CCC(=O)NC2=O)C3)C[C@H]1C(F)(F)c1ccccc1. The van der Waals surface area contributed by atoms with Crippen molar-refractivity contribution in [3.8, 4) is 0 Å². The molecule has 3 heterocycles. The van der Waals surface area contributed by atoms with E-state index in [9.17, 15) is 14.4 Å². The van der Waals surface area contributed by atoms with Gasteiger partial charge in [0.25, 0.3) is 11.8 Å². The average molecular weight is 469 g/mol. The molecular weight excluding hydrogens is 442 g/mol. The number of nitrogens with zero attached hydrogens (tertiary/aromatic N) is 2. The minimum Gasteiger partial charge on any atom is -0.326 e. The molecule has 2 aromatic carbocycles. The van der Waals surface area contributed by atoms with Gasteiger partial charge in [-0.3, -0.25) is 24.6 Å². The molecule has 0 aliphatic carbocycles. The molecule has 178 valence electrons. The van der Waals surface area contributed by atoms with E-state index >= 15 is 8.78 Å². The van der Waals surface area contributed by atoms with Crippen LogP contribution in [0.3, 0.4) is 0 Å². The van der Waals surface area contributed by atoms with Gasteiger partial charge in [0.15, 0.2) is 0 Å². The predicted octanol–water partition coefficient (Wildman–Crippen LogP) is 2.00. The van der Waals surface area contributed by atoms with Gasteiger partial charge in [0.05, 0.1) is 5.92 Å². The van der Waals surface area contributed by atoms with Crippen LogP contribution in [0.15, 0.2) is 48.5 Å². The molecule has 3 N–H and O–H groups in total. The Morgan fingerprint density at radius 1 is 1.03 bits per heavy atom. The number of nitrogens with two attached hydrogens (primary N) is 1. The topological polar surface area (TPSA) is 95.7 Å². The number of benzene rings is 2. The lowest BCUT2D eigenvalue weighted by Crippen LogP contribution is -2.52. The normalized spacial score (nSPS) is 25.6. The molecule has 5 rings (SSSR count). The number of alkyl halides is 2. The summed E-state index contributed by atoms with van der Waals surface area (Å²) in [6, 6.07) is 11.8. The molecule has 2 fully saturated rings.